The molecule has 1 aliphatic carbocycles. The number of pyridine rings is 1. The molecule has 2 aromatic heterocycles. The molecule has 1 aliphatic rings. The fourth-order valence-corrected chi connectivity index (χ4v) is 2.68. The number of rotatable bonds is 4. The molecule has 0 spiro atoms. The molecule has 0 radical (unpaired) electrons. The highest BCUT2D eigenvalue weighted by atomic mass is 19.4. The van der Waals surface area contributed by atoms with Crippen molar-refractivity contribution < 1.29 is 18.0 Å². The van der Waals surface area contributed by atoms with Crippen molar-refractivity contribution >= 4 is 23.0 Å². The summed E-state index contributed by atoms with van der Waals surface area (Å²) in [5, 5.41) is 2.55. The number of hydrogen-bond donors (Lipinski definition) is 1. The van der Waals surface area contributed by atoms with Crippen molar-refractivity contribution in [3.05, 3.63) is 18.3 Å². The molecule has 1 fully saturated rings. The fourth-order valence-electron chi connectivity index (χ4n) is 2.68. The summed E-state index contributed by atoms with van der Waals surface area (Å²) in [5.74, 6) is -0.426. The molecule has 0 atom stereocenters. The average Bonchev–Trinajstić information content (AvgIpc) is 2.73. The Labute approximate surface area is 137 Å². The van der Waals surface area contributed by atoms with Crippen LogP contribution in [-0.2, 0) is 4.79 Å². The third-order valence-corrected chi connectivity index (χ3v) is 4.51. The summed E-state index contributed by atoms with van der Waals surface area (Å²) >= 11 is 0. The number of imidazole rings is 1. The first kappa shape index (κ1) is 16.7. The van der Waals surface area contributed by atoms with Gasteiger partial charge in [0.1, 0.15) is 5.52 Å². The van der Waals surface area contributed by atoms with E-state index < -0.39 is 23.9 Å². The van der Waals surface area contributed by atoms with Crippen molar-refractivity contribution in [2.24, 2.45) is 5.41 Å². The highest BCUT2D eigenvalue weighted by Crippen LogP contribution is 2.41. The Morgan fingerprint density at radius 3 is 2.67 bits per heavy atom. The van der Waals surface area contributed by atoms with Gasteiger partial charge in [0.2, 0.25) is 11.9 Å². The molecule has 8 heteroatoms. The lowest BCUT2D eigenvalue weighted by molar-refractivity contribution is -0.213. The van der Waals surface area contributed by atoms with Crippen molar-refractivity contribution in [3.8, 4) is 0 Å². The van der Waals surface area contributed by atoms with E-state index in [1.54, 1.807) is 18.3 Å². The second-order valence-electron chi connectivity index (χ2n) is 6.84. The predicted octanol–water partition coefficient (Wildman–Crippen LogP) is 4.07. The number of carbonyl (C=O) groups excluding carboxylic acids is 1. The van der Waals surface area contributed by atoms with E-state index in [4.69, 9.17) is 0 Å². The van der Waals surface area contributed by atoms with Gasteiger partial charge in [-0.3, -0.25) is 14.7 Å². The van der Waals surface area contributed by atoms with Gasteiger partial charge < -0.3 is 0 Å². The van der Waals surface area contributed by atoms with Crippen LogP contribution in [0, 0.1) is 5.41 Å². The van der Waals surface area contributed by atoms with E-state index in [0.717, 1.165) is 33.1 Å². The van der Waals surface area contributed by atoms with Gasteiger partial charge in [0.05, 0.1) is 5.41 Å². The maximum atomic E-state index is 13.0. The Bertz CT molecular complexity index is 762. The maximum Gasteiger partial charge on any atom is 0.394 e. The number of carbonyl (C=O) groups is 1. The Kier molecular flexibility index (Phi) is 4.01. The Balaban J connectivity index is 1.86. The molecule has 0 aliphatic heterocycles. The van der Waals surface area contributed by atoms with Crippen molar-refractivity contribution in [2.45, 2.75) is 51.7 Å². The molecule has 1 saturated carbocycles. The summed E-state index contributed by atoms with van der Waals surface area (Å²) in [6.45, 7) is 2.03. The van der Waals surface area contributed by atoms with Crippen LogP contribution >= 0.6 is 0 Å². The maximum absolute atomic E-state index is 13.0. The minimum absolute atomic E-state index is 0.177. The fraction of sp³-hybridized carbons (Fsp3) is 0.562. The molecule has 1 amide bonds. The van der Waals surface area contributed by atoms with Crippen LogP contribution in [0.25, 0.3) is 11.2 Å². The lowest BCUT2D eigenvalue weighted by atomic mass is 9.88. The van der Waals surface area contributed by atoms with Crippen LogP contribution in [0.3, 0.4) is 0 Å². The molecule has 5 nitrogen and oxygen atoms in total. The molecular weight excluding hydrogens is 321 g/mol. The molecule has 2 aromatic rings. The predicted molar refractivity (Wildman–Crippen MR) is 83.5 cm³/mol. The van der Waals surface area contributed by atoms with E-state index in [0.29, 0.717) is 11.2 Å². The Morgan fingerprint density at radius 1 is 1.38 bits per heavy atom. The molecule has 1 N–H and O–H groups in total. The smallest absolute Gasteiger partial charge is 0.296 e. The van der Waals surface area contributed by atoms with Crippen LogP contribution in [0.5, 0.6) is 0 Å². The van der Waals surface area contributed by atoms with Gasteiger partial charge in [-0.2, -0.15) is 13.2 Å². The highest BCUT2D eigenvalue weighted by Gasteiger charge is 2.48. The highest BCUT2D eigenvalue weighted by molar-refractivity contribution is 5.91. The van der Waals surface area contributed by atoms with Gasteiger partial charge in [-0.1, -0.05) is 13.8 Å². The Hall–Kier alpha value is -2.12. The standard InChI is InChI=1S/C16H19F3N4O/c1-15(2,16(17,18)19)9-12(24)22-14-21-11-7-4-8-20-13(11)23(14)10-5-3-6-10/h4,7-8,10H,3,5-6,9H2,1-2H3,(H,21,22,24). The third kappa shape index (κ3) is 2.97. The second kappa shape index (κ2) is 5.75. The van der Waals surface area contributed by atoms with Gasteiger partial charge in [0, 0.05) is 18.7 Å². The van der Waals surface area contributed by atoms with Gasteiger partial charge in [0.25, 0.3) is 0 Å². The summed E-state index contributed by atoms with van der Waals surface area (Å²) in [7, 11) is 0. The number of fused-ring (bicyclic) bond motifs is 1. The normalized spacial score (nSPS) is 16.2. The number of nitrogens with one attached hydrogen (secondary N) is 1. The number of halogens is 3. The van der Waals surface area contributed by atoms with Crippen LogP contribution in [0.2, 0.25) is 0 Å². The summed E-state index contributed by atoms with van der Waals surface area (Å²) < 4.78 is 40.7. The van der Waals surface area contributed by atoms with Gasteiger partial charge in [-0.25, -0.2) is 9.97 Å². The minimum atomic E-state index is -4.44. The van der Waals surface area contributed by atoms with Crippen molar-refractivity contribution in [3.63, 3.8) is 0 Å². The molecule has 0 unspecified atom stereocenters. The molecule has 24 heavy (non-hydrogen) atoms. The van der Waals surface area contributed by atoms with Crippen molar-refractivity contribution in [1.29, 1.82) is 0 Å². The molecule has 0 aromatic carbocycles. The number of aromatic nitrogens is 3. The van der Waals surface area contributed by atoms with Crippen molar-refractivity contribution in [1.82, 2.24) is 14.5 Å². The van der Waals surface area contributed by atoms with E-state index in [1.807, 2.05) is 4.57 Å². The lowest BCUT2D eigenvalue weighted by Crippen LogP contribution is -2.36. The van der Waals surface area contributed by atoms with Gasteiger partial charge in [-0.15, -0.1) is 0 Å². The van der Waals surface area contributed by atoms with Crippen LogP contribution in [0.1, 0.15) is 45.6 Å². The molecular formula is C16H19F3N4O. The first-order valence-corrected chi connectivity index (χ1v) is 7.88. The average molecular weight is 340 g/mol. The van der Waals surface area contributed by atoms with Crippen LogP contribution < -0.4 is 5.32 Å². The summed E-state index contributed by atoms with van der Waals surface area (Å²) in [6.07, 6.45) is -0.501. The van der Waals surface area contributed by atoms with E-state index >= 15 is 0 Å². The first-order chi connectivity index (χ1) is 11.2. The number of nitrogens with zero attached hydrogens (tertiary/aromatic N) is 3. The van der Waals surface area contributed by atoms with Crippen molar-refractivity contribution in [2.75, 3.05) is 5.32 Å². The molecule has 0 bridgehead atoms. The quantitative estimate of drug-likeness (QED) is 0.912. The zero-order valence-electron chi connectivity index (χ0n) is 13.5. The Morgan fingerprint density at radius 2 is 2.08 bits per heavy atom. The molecule has 130 valence electrons. The summed E-state index contributed by atoms with van der Waals surface area (Å²) in [4.78, 5) is 20.8. The topological polar surface area (TPSA) is 59.8 Å². The first-order valence-electron chi connectivity index (χ1n) is 7.88. The lowest BCUT2D eigenvalue weighted by Gasteiger charge is -2.29. The molecule has 3 rings (SSSR count). The second-order valence-corrected chi connectivity index (χ2v) is 6.84. The number of hydrogen-bond acceptors (Lipinski definition) is 3. The largest absolute Gasteiger partial charge is 0.394 e. The van der Waals surface area contributed by atoms with E-state index in [-0.39, 0.29) is 12.0 Å². The minimum Gasteiger partial charge on any atom is -0.296 e. The molecule has 0 saturated heterocycles. The number of amides is 1. The third-order valence-electron chi connectivity index (χ3n) is 4.51. The summed E-state index contributed by atoms with van der Waals surface area (Å²) in [5.41, 5.74) is -0.829. The van der Waals surface area contributed by atoms with Crippen LogP contribution in [0.4, 0.5) is 19.1 Å². The van der Waals surface area contributed by atoms with Gasteiger partial charge >= 0.3 is 6.18 Å². The molecule has 2 heterocycles. The number of anilines is 1. The monoisotopic (exact) mass is 340 g/mol. The van der Waals surface area contributed by atoms with Gasteiger partial charge in [0.15, 0.2) is 5.65 Å². The van der Waals surface area contributed by atoms with E-state index in [2.05, 4.69) is 15.3 Å². The number of alkyl halides is 3. The zero-order valence-corrected chi connectivity index (χ0v) is 13.5. The van der Waals surface area contributed by atoms with Crippen LogP contribution in [0.15, 0.2) is 18.3 Å². The van der Waals surface area contributed by atoms with E-state index in [1.165, 1.54) is 0 Å². The zero-order chi connectivity index (χ0) is 17.5. The van der Waals surface area contributed by atoms with Gasteiger partial charge in [-0.05, 0) is 31.4 Å². The summed E-state index contributed by atoms with van der Waals surface area (Å²) in [6, 6.07) is 3.68. The van der Waals surface area contributed by atoms with E-state index in [9.17, 15) is 18.0 Å². The van der Waals surface area contributed by atoms with Crippen LogP contribution in [-0.4, -0.2) is 26.6 Å². The SMILES string of the molecule is CC(C)(CC(=O)Nc1nc2cccnc2n1C1CCC1)C(F)(F)F.